The van der Waals surface area contributed by atoms with Crippen molar-refractivity contribution in [3.63, 3.8) is 0 Å². The number of nitrogens with zero attached hydrogens (tertiary/aromatic N) is 3. The number of ketones is 1. The smallest absolute Gasteiger partial charge is 0.208 e. The Morgan fingerprint density at radius 2 is 2.03 bits per heavy atom. The summed E-state index contributed by atoms with van der Waals surface area (Å²) in [7, 11) is -3.59. The second-order valence-electron chi connectivity index (χ2n) is 7.29. The normalized spacial score (nSPS) is 14.4. The number of aromatic nitrogens is 3. The second-order valence-corrected chi connectivity index (χ2v) is 10.5. The first kappa shape index (κ1) is 20.0. The van der Waals surface area contributed by atoms with Gasteiger partial charge in [0.1, 0.15) is 12.3 Å². The Bertz CT molecular complexity index is 1450. The van der Waals surface area contributed by atoms with Gasteiger partial charge in [-0.05, 0) is 38.1 Å². The maximum atomic E-state index is 13.0. The van der Waals surface area contributed by atoms with Gasteiger partial charge in [-0.15, -0.1) is 11.3 Å². The largest absolute Gasteiger partial charge is 0.374 e. The van der Waals surface area contributed by atoms with E-state index in [1.54, 1.807) is 47.2 Å². The number of hydrogen-bond donors (Lipinski definition) is 0. The third kappa shape index (κ3) is 3.29. The lowest BCUT2D eigenvalue weighted by atomic mass is 10.0. The van der Waals surface area contributed by atoms with Crippen molar-refractivity contribution in [3.8, 4) is 16.9 Å². The van der Waals surface area contributed by atoms with Gasteiger partial charge in [0.15, 0.2) is 9.84 Å². The lowest BCUT2D eigenvalue weighted by Gasteiger charge is -2.19. The molecule has 0 saturated carbocycles. The number of benzene rings is 2. The number of ether oxygens (including phenoxy) is 1. The molecule has 7 nitrogen and oxygen atoms in total. The maximum absolute atomic E-state index is 13.0. The molecule has 158 valence electrons. The van der Waals surface area contributed by atoms with E-state index in [0.717, 1.165) is 20.9 Å². The third-order valence-corrected chi connectivity index (χ3v) is 7.85. The lowest BCUT2D eigenvalue weighted by molar-refractivity contribution is 0.0777. The fraction of sp³-hybridized carbons (Fsp3) is 0.227. The van der Waals surface area contributed by atoms with E-state index in [4.69, 9.17) is 4.74 Å². The molecular formula is C22H19N3O4S2. The van der Waals surface area contributed by atoms with Crippen molar-refractivity contribution in [1.82, 2.24) is 14.8 Å². The van der Waals surface area contributed by atoms with Crippen LogP contribution in [0, 0.1) is 6.92 Å². The average Bonchev–Trinajstić information content (AvgIpc) is 3.30. The summed E-state index contributed by atoms with van der Waals surface area (Å²) in [6.45, 7) is 3.99. The number of hydrogen-bond acceptors (Lipinski definition) is 7. The van der Waals surface area contributed by atoms with Gasteiger partial charge in [-0.1, -0.05) is 18.2 Å². The van der Waals surface area contributed by atoms with Crippen LogP contribution in [0.25, 0.3) is 27.2 Å². The van der Waals surface area contributed by atoms with Gasteiger partial charge in [-0.3, -0.25) is 4.79 Å². The molecule has 1 aliphatic heterocycles. The zero-order valence-electron chi connectivity index (χ0n) is 17.0. The van der Waals surface area contributed by atoms with Crippen LogP contribution in [0.2, 0.25) is 0 Å². The van der Waals surface area contributed by atoms with Gasteiger partial charge in [0.25, 0.3) is 0 Å². The number of carbonyl (C=O) groups excluding carboxylic acids is 1. The van der Waals surface area contributed by atoms with Crippen LogP contribution in [0.4, 0.5) is 0 Å². The number of sulfone groups is 1. The molecule has 3 heterocycles. The molecule has 0 atom stereocenters. The van der Waals surface area contributed by atoms with E-state index in [1.807, 2.05) is 25.1 Å². The Morgan fingerprint density at radius 3 is 2.84 bits per heavy atom. The number of carbonyl (C=O) groups is 1. The molecule has 0 bridgehead atoms. The maximum Gasteiger partial charge on any atom is 0.208 e. The van der Waals surface area contributed by atoms with Crippen molar-refractivity contribution in [2.24, 2.45) is 0 Å². The average molecular weight is 454 g/mol. The monoisotopic (exact) mass is 453 g/mol. The van der Waals surface area contributed by atoms with Crippen LogP contribution >= 0.6 is 11.3 Å². The number of aryl methyl sites for hydroxylation is 1. The minimum absolute atomic E-state index is 0.141. The summed E-state index contributed by atoms with van der Waals surface area (Å²) in [6.07, 6.45) is 0. The highest BCUT2D eigenvalue weighted by atomic mass is 32.2. The fourth-order valence-corrected chi connectivity index (χ4v) is 6.35. The summed E-state index contributed by atoms with van der Waals surface area (Å²) in [6, 6.07) is 12.6. The minimum atomic E-state index is -3.59. The molecule has 0 N–H and O–H groups in total. The van der Waals surface area contributed by atoms with Crippen LogP contribution in [0.3, 0.4) is 0 Å². The number of Topliss-reactive ketones (excluding diaryl/α,β-unsaturated/α-hetero) is 1. The van der Waals surface area contributed by atoms with Gasteiger partial charge in [-0.2, -0.15) is 5.10 Å². The minimum Gasteiger partial charge on any atom is -0.374 e. The highest BCUT2D eigenvalue weighted by molar-refractivity contribution is 7.90. The first-order chi connectivity index (χ1) is 14.9. The molecule has 0 amide bonds. The van der Waals surface area contributed by atoms with Crippen molar-refractivity contribution < 1.29 is 17.9 Å². The summed E-state index contributed by atoms with van der Waals surface area (Å²) in [5.41, 5.74) is 3.38. The Labute approximate surface area is 183 Å². The highest BCUT2D eigenvalue weighted by Crippen LogP contribution is 2.41. The molecule has 0 saturated heterocycles. The van der Waals surface area contributed by atoms with E-state index in [0.29, 0.717) is 23.4 Å². The Hall–Kier alpha value is -2.88. The zero-order valence-corrected chi connectivity index (χ0v) is 18.6. The van der Waals surface area contributed by atoms with Crippen LogP contribution < -0.4 is 0 Å². The quantitative estimate of drug-likeness (QED) is 0.425. The molecule has 9 heteroatoms. The highest BCUT2D eigenvalue weighted by Gasteiger charge is 2.35. The molecular weight excluding hydrogens is 434 g/mol. The predicted molar refractivity (Wildman–Crippen MR) is 119 cm³/mol. The number of rotatable bonds is 5. The van der Waals surface area contributed by atoms with Crippen LogP contribution in [0.1, 0.15) is 28.0 Å². The molecule has 0 unspecified atom stereocenters. The molecule has 0 fully saturated rings. The van der Waals surface area contributed by atoms with E-state index < -0.39 is 9.84 Å². The van der Waals surface area contributed by atoms with Crippen molar-refractivity contribution >= 4 is 37.2 Å². The van der Waals surface area contributed by atoms with Gasteiger partial charge in [0.2, 0.25) is 5.78 Å². The standard InChI is InChI=1S/C22H19N3O4S2/c1-3-29-11-18(26)21-16-12-31(27,28)20-7-5-4-6-15(20)22(16)25(24-21)14-8-9-17-19(10-14)30-13(2)23-17/h4-10H,3,11-12H2,1-2H3. The molecule has 0 aliphatic carbocycles. The molecule has 2 aromatic heterocycles. The first-order valence-corrected chi connectivity index (χ1v) is 12.3. The summed E-state index contributed by atoms with van der Waals surface area (Å²) in [4.78, 5) is 17.6. The second kappa shape index (κ2) is 7.37. The van der Waals surface area contributed by atoms with Crippen LogP contribution in [-0.2, 0) is 20.3 Å². The van der Waals surface area contributed by atoms with Gasteiger partial charge < -0.3 is 4.74 Å². The van der Waals surface area contributed by atoms with E-state index in [9.17, 15) is 13.2 Å². The fourth-order valence-electron chi connectivity index (χ4n) is 3.90. The topological polar surface area (TPSA) is 91.2 Å². The Balaban J connectivity index is 1.78. The first-order valence-electron chi connectivity index (χ1n) is 9.81. The van der Waals surface area contributed by atoms with Gasteiger partial charge >= 0.3 is 0 Å². The molecule has 1 aliphatic rings. The number of fused-ring (bicyclic) bond motifs is 4. The van der Waals surface area contributed by atoms with Gasteiger partial charge in [0, 0.05) is 17.7 Å². The lowest BCUT2D eigenvalue weighted by Crippen LogP contribution is -2.17. The summed E-state index contributed by atoms with van der Waals surface area (Å²) >= 11 is 1.57. The van der Waals surface area contributed by atoms with Crippen molar-refractivity contribution in [3.05, 3.63) is 58.7 Å². The Morgan fingerprint density at radius 1 is 1.23 bits per heavy atom. The van der Waals surface area contributed by atoms with E-state index in [2.05, 4.69) is 10.1 Å². The van der Waals surface area contributed by atoms with E-state index in [-0.39, 0.29) is 28.7 Å². The van der Waals surface area contributed by atoms with Crippen LogP contribution in [-0.4, -0.2) is 42.2 Å². The van der Waals surface area contributed by atoms with Gasteiger partial charge in [0.05, 0.1) is 37.3 Å². The molecule has 31 heavy (non-hydrogen) atoms. The van der Waals surface area contributed by atoms with Crippen molar-refractivity contribution in [1.29, 1.82) is 0 Å². The molecule has 0 spiro atoms. The SMILES string of the molecule is CCOCC(=O)c1nn(-c2ccc3nc(C)sc3c2)c2c1CS(=O)(=O)c1ccccc1-2. The molecule has 0 radical (unpaired) electrons. The van der Waals surface area contributed by atoms with E-state index >= 15 is 0 Å². The molecule has 5 rings (SSSR count). The zero-order chi connectivity index (χ0) is 21.8. The molecule has 4 aromatic rings. The summed E-state index contributed by atoms with van der Waals surface area (Å²) < 4.78 is 33.9. The van der Waals surface area contributed by atoms with E-state index in [1.165, 1.54) is 0 Å². The summed E-state index contributed by atoms with van der Waals surface area (Å²) in [5, 5.41) is 5.56. The predicted octanol–water partition coefficient (Wildman–Crippen LogP) is 3.96. The molecule has 2 aromatic carbocycles. The van der Waals surface area contributed by atoms with Crippen LogP contribution in [0.5, 0.6) is 0 Å². The third-order valence-electron chi connectivity index (χ3n) is 5.22. The summed E-state index contributed by atoms with van der Waals surface area (Å²) in [5.74, 6) is -0.602. The van der Waals surface area contributed by atoms with Crippen molar-refractivity contribution in [2.45, 2.75) is 24.5 Å². The Kier molecular flexibility index (Phi) is 4.76. The number of thiazole rings is 1. The van der Waals surface area contributed by atoms with Crippen LogP contribution in [0.15, 0.2) is 47.4 Å². The van der Waals surface area contributed by atoms with Crippen molar-refractivity contribution in [2.75, 3.05) is 13.2 Å². The van der Waals surface area contributed by atoms with Gasteiger partial charge in [-0.25, -0.2) is 18.1 Å².